The number of nitrogens with one attached hydrogen (secondary N) is 1. The summed E-state index contributed by atoms with van der Waals surface area (Å²) >= 11 is 0. The molecule has 0 aliphatic heterocycles. The Morgan fingerprint density at radius 2 is 1.68 bits per heavy atom. The lowest BCUT2D eigenvalue weighted by molar-refractivity contribution is -0.141. The molecule has 0 aliphatic carbocycles. The number of halogens is 3. The second kappa shape index (κ2) is 9.59. The summed E-state index contributed by atoms with van der Waals surface area (Å²) in [6, 6.07) is 11.8. The first-order valence-corrected chi connectivity index (χ1v) is 11.9. The Bertz CT molecular complexity index is 1270. The quantitative estimate of drug-likeness (QED) is 0.516. The van der Waals surface area contributed by atoms with Crippen LogP contribution in [0.5, 0.6) is 0 Å². The molecule has 3 aromatic rings. The van der Waals surface area contributed by atoms with E-state index >= 15 is 0 Å². The van der Waals surface area contributed by atoms with Crippen LogP contribution in [0.2, 0.25) is 0 Å². The first-order valence-electron chi connectivity index (χ1n) is 10.4. The Balaban J connectivity index is 1.94. The lowest BCUT2D eigenvalue weighted by Crippen LogP contribution is -2.43. The zero-order chi connectivity index (χ0) is 25.3. The van der Waals surface area contributed by atoms with Gasteiger partial charge in [-0.25, -0.2) is 17.8 Å². The molecule has 0 saturated heterocycles. The Morgan fingerprint density at radius 3 is 2.21 bits per heavy atom. The molecule has 7 nitrogen and oxygen atoms in total. The van der Waals surface area contributed by atoms with Crippen LogP contribution in [0.1, 0.15) is 31.5 Å². The Kier molecular flexibility index (Phi) is 7.18. The highest BCUT2D eigenvalue weighted by Gasteiger charge is 2.35. The van der Waals surface area contributed by atoms with Crippen molar-refractivity contribution in [2.75, 3.05) is 0 Å². The van der Waals surface area contributed by atoms with Crippen LogP contribution >= 0.6 is 0 Å². The van der Waals surface area contributed by atoms with Gasteiger partial charge in [-0.15, -0.1) is 0 Å². The first kappa shape index (κ1) is 25.4. The van der Waals surface area contributed by atoms with E-state index in [4.69, 9.17) is 5.73 Å². The maximum Gasteiger partial charge on any atom is 0.435 e. The number of hydrogen-bond acceptors (Lipinski definition) is 5. The van der Waals surface area contributed by atoms with Crippen molar-refractivity contribution in [3.63, 3.8) is 0 Å². The molecule has 0 aliphatic rings. The third kappa shape index (κ3) is 5.84. The second-order valence-corrected chi connectivity index (χ2v) is 10.1. The molecule has 1 heterocycles. The molecule has 0 saturated carbocycles. The summed E-state index contributed by atoms with van der Waals surface area (Å²) in [6.45, 7) is 5.56. The van der Waals surface area contributed by atoms with Gasteiger partial charge in [0.2, 0.25) is 0 Å². The smallest absolute Gasteiger partial charge is 0.320 e. The highest BCUT2D eigenvalue weighted by atomic mass is 32.2. The summed E-state index contributed by atoms with van der Waals surface area (Å²) in [5, 5.41) is 3.70. The summed E-state index contributed by atoms with van der Waals surface area (Å²) in [5.41, 5.74) is 6.52. The van der Waals surface area contributed by atoms with Gasteiger partial charge < -0.3 is 5.73 Å². The van der Waals surface area contributed by atoms with Crippen molar-refractivity contribution in [1.29, 1.82) is 0 Å². The maximum atomic E-state index is 13.4. The number of amides is 1. The SMILES string of the molecule is Cc1ccc(-c2cc(C(F)(F)F)nn2-c2ccc(S(=O)(=O)NC(=O)C(N)CC(C)C)cc2)cc1. The molecule has 1 unspecified atom stereocenters. The number of aryl methyl sites for hydroxylation is 1. The molecule has 34 heavy (non-hydrogen) atoms. The van der Waals surface area contributed by atoms with Crippen molar-refractivity contribution in [1.82, 2.24) is 14.5 Å². The molecule has 11 heteroatoms. The standard InChI is InChI=1S/C23H25F3N4O3S/c1-14(2)12-19(27)22(31)29-34(32,33)18-10-8-17(9-11-18)30-20(13-21(28-30)23(24,25)26)16-6-4-15(3)5-7-16/h4-11,13-14,19H,12,27H2,1-3H3,(H,29,31). The number of carbonyl (C=O) groups is 1. The minimum Gasteiger partial charge on any atom is -0.320 e. The van der Waals surface area contributed by atoms with Gasteiger partial charge in [0.15, 0.2) is 5.69 Å². The summed E-state index contributed by atoms with van der Waals surface area (Å²) in [6.07, 6.45) is -4.35. The van der Waals surface area contributed by atoms with Crippen molar-refractivity contribution < 1.29 is 26.4 Å². The number of hydrogen-bond donors (Lipinski definition) is 2. The first-order chi connectivity index (χ1) is 15.8. The van der Waals surface area contributed by atoms with E-state index in [1.165, 1.54) is 24.3 Å². The molecule has 0 spiro atoms. The normalized spacial score (nSPS) is 13.2. The number of carbonyl (C=O) groups excluding carboxylic acids is 1. The van der Waals surface area contributed by atoms with Crippen LogP contribution in [0, 0.1) is 12.8 Å². The van der Waals surface area contributed by atoms with Crippen molar-refractivity contribution in [3.05, 3.63) is 65.9 Å². The topological polar surface area (TPSA) is 107 Å². The van der Waals surface area contributed by atoms with Crippen LogP contribution in [0.15, 0.2) is 59.5 Å². The van der Waals surface area contributed by atoms with Crippen LogP contribution in [-0.4, -0.2) is 30.1 Å². The van der Waals surface area contributed by atoms with Gasteiger partial charge in [-0.2, -0.15) is 18.3 Å². The number of nitrogens with two attached hydrogens (primary N) is 1. The van der Waals surface area contributed by atoms with Gasteiger partial charge in [0.25, 0.3) is 15.9 Å². The third-order valence-corrected chi connectivity index (χ3v) is 6.40. The van der Waals surface area contributed by atoms with Crippen LogP contribution < -0.4 is 10.5 Å². The van der Waals surface area contributed by atoms with Gasteiger partial charge in [0.05, 0.1) is 22.3 Å². The van der Waals surface area contributed by atoms with Gasteiger partial charge in [-0.05, 0) is 49.6 Å². The van der Waals surface area contributed by atoms with Gasteiger partial charge in [0.1, 0.15) is 0 Å². The van der Waals surface area contributed by atoms with Crippen LogP contribution in [-0.2, 0) is 21.0 Å². The van der Waals surface area contributed by atoms with Crippen LogP contribution in [0.25, 0.3) is 16.9 Å². The highest BCUT2D eigenvalue weighted by Crippen LogP contribution is 2.33. The van der Waals surface area contributed by atoms with Gasteiger partial charge >= 0.3 is 6.18 Å². The largest absolute Gasteiger partial charge is 0.435 e. The molecule has 3 N–H and O–H groups in total. The Hall–Kier alpha value is -3.18. The van der Waals surface area contributed by atoms with E-state index in [0.717, 1.165) is 16.3 Å². The Morgan fingerprint density at radius 1 is 1.09 bits per heavy atom. The molecule has 1 atom stereocenters. The Labute approximate surface area is 195 Å². The van der Waals surface area contributed by atoms with E-state index in [2.05, 4.69) is 5.10 Å². The fraction of sp³-hybridized carbons (Fsp3) is 0.304. The van der Waals surface area contributed by atoms with Gasteiger partial charge in [-0.1, -0.05) is 43.7 Å². The van der Waals surface area contributed by atoms with Gasteiger partial charge in [0, 0.05) is 5.56 Å². The van der Waals surface area contributed by atoms with E-state index in [0.29, 0.717) is 12.0 Å². The summed E-state index contributed by atoms with van der Waals surface area (Å²) in [4.78, 5) is 11.9. The van der Waals surface area contributed by atoms with Gasteiger partial charge in [-0.3, -0.25) is 4.79 Å². The number of aromatic nitrogens is 2. The highest BCUT2D eigenvalue weighted by molar-refractivity contribution is 7.90. The van der Waals surface area contributed by atoms with Crippen LogP contribution in [0.4, 0.5) is 13.2 Å². The molecule has 1 aromatic heterocycles. The van der Waals surface area contributed by atoms with Crippen molar-refractivity contribution in [2.45, 2.75) is 44.3 Å². The number of alkyl halides is 3. The van der Waals surface area contributed by atoms with Crippen LogP contribution in [0.3, 0.4) is 0 Å². The monoisotopic (exact) mass is 494 g/mol. The van der Waals surface area contributed by atoms with E-state index in [9.17, 15) is 26.4 Å². The predicted octanol–water partition coefficient (Wildman–Crippen LogP) is 4.04. The lowest BCUT2D eigenvalue weighted by atomic mass is 10.0. The fourth-order valence-corrected chi connectivity index (χ4v) is 4.32. The number of rotatable bonds is 7. The van der Waals surface area contributed by atoms with E-state index in [1.807, 2.05) is 25.5 Å². The zero-order valence-corrected chi connectivity index (χ0v) is 19.6. The molecule has 0 fully saturated rings. The number of nitrogens with zero attached hydrogens (tertiary/aromatic N) is 2. The average Bonchev–Trinajstić information content (AvgIpc) is 3.19. The van der Waals surface area contributed by atoms with Crippen molar-refractivity contribution in [3.8, 4) is 16.9 Å². The molecule has 1 amide bonds. The second-order valence-electron chi connectivity index (χ2n) is 8.39. The zero-order valence-electron chi connectivity index (χ0n) is 18.8. The van der Waals surface area contributed by atoms with E-state index in [-0.39, 0.29) is 22.2 Å². The molecular formula is C23H25F3N4O3S. The molecule has 3 rings (SSSR count). The minimum absolute atomic E-state index is 0.0983. The number of benzene rings is 2. The number of sulfonamides is 1. The van der Waals surface area contributed by atoms with Crippen molar-refractivity contribution in [2.24, 2.45) is 11.7 Å². The minimum atomic E-state index is -4.66. The molecule has 182 valence electrons. The van der Waals surface area contributed by atoms with Crippen molar-refractivity contribution >= 4 is 15.9 Å². The lowest BCUT2D eigenvalue weighted by Gasteiger charge is -2.14. The molecule has 0 radical (unpaired) electrons. The maximum absolute atomic E-state index is 13.4. The average molecular weight is 495 g/mol. The summed E-state index contributed by atoms with van der Waals surface area (Å²) in [5.74, 6) is -0.734. The predicted molar refractivity (Wildman–Crippen MR) is 121 cm³/mol. The molecule has 2 aromatic carbocycles. The molecule has 0 bridgehead atoms. The molecular weight excluding hydrogens is 469 g/mol. The summed E-state index contributed by atoms with van der Waals surface area (Å²) < 4.78 is 68.3. The fourth-order valence-electron chi connectivity index (χ4n) is 3.29. The van der Waals surface area contributed by atoms with E-state index < -0.39 is 33.8 Å². The summed E-state index contributed by atoms with van der Waals surface area (Å²) in [7, 11) is -4.21. The third-order valence-electron chi connectivity index (χ3n) is 5.04. The van der Waals surface area contributed by atoms with E-state index in [1.54, 1.807) is 24.3 Å².